The van der Waals surface area contributed by atoms with Crippen molar-refractivity contribution < 1.29 is 13.2 Å². The fraction of sp³-hybridized carbons (Fsp3) is 0.533. The molecule has 6 heteroatoms. The molecule has 3 rings (SSSR count). The van der Waals surface area contributed by atoms with Crippen LogP contribution in [0.2, 0.25) is 0 Å². The lowest BCUT2D eigenvalue weighted by atomic mass is 9.88. The minimum absolute atomic E-state index is 0.0213. The van der Waals surface area contributed by atoms with Crippen molar-refractivity contribution >= 4 is 15.9 Å². The molecule has 0 bridgehead atoms. The van der Waals surface area contributed by atoms with Crippen LogP contribution in [0.5, 0.6) is 0 Å². The molecule has 114 valence electrons. The molecule has 21 heavy (non-hydrogen) atoms. The Morgan fingerprint density at radius 2 is 1.95 bits per heavy atom. The first kappa shape index (κ1) is 14.4. The quantitative estimate of drug-likeness (QED) is 0.870. The molecule has 1 aliphatic heterocycles. The number of fused-ring (bicyclic) bond motifs is 1. The van der Waals surface area contributed by atoms with Crippen LogP contribution >= 0.6 is 0 Å². The van der Waals surface area contributed by atoms with Gasteiger partial charge in [-0.3, -0.25) is 0 Å². The number of carbonyl (C=O) groups excluding carboxylic acids is 1. The van der Waals surface area contributed by atoms with Crippen LogP contribution in [-0.4, -0.2) is 32.0 Å². The Bertz CT molecular complexity index is 642. The van der Waals surface area contributed by atoms with Crippen LogP contribution in [0.3, 0.4) is 0 Å². The Kier molecular flexibility index (Phi) is 3.89. The number of urea groups is 1. The second kappa shape index (κ2) is 5.67. The van der Waals surface area contributed by atoms with Crippen molar-refractivity contribution in [3.05, 3.63) is 35.4 Å². The summed E-state index contributed by atoms with van der Waals surface area (Å²) in [5, 5.41) is 5.77. The molecule has 0 radical (unpaired) electrons. The fourth-order valence-corrected chi connectivity index (χ4v) is 4.87. The van der Waals surface area contributed by atoms with Gasteiger partial charge in [0.25, 0.3) is 0 Å². The molecule has 5 nitrogen and oxygen atoms in total. The monoisotopic (exact) mass is 308 g/mol. The topological polar surface area (TPSA) is 75.3 Å². The molecule has 2 aliphatic rings. The van der Waals surface area contributed by atoms with Crippen molar-refractivity contribution in [1.29, 1.82) is 0 Å². The lowest BCUT2D eigenvalue weighted by Crippen LogP contribution is -2.44. The summed E-state index contributed by atoms with van der Waals surface area (Å²) in [6.07, 6.45) is 3.54. The predicted molar refractivity (Wildman–Crippen MR) is 80.8 cm³/mol. The molecule has 2 atom stereocenters. The summed E-state index contributed by atoms with van der Waals surface area (Å²) in [6.45, 7) is 0. The molecule has 0 saturated carbocycles. The Balaban J connectivity index is 1.61. The summed E-state index contributed by atoms with van der Waals surface area (Å²) in [5.41, 5.74) is 2.47. The number of hydrogen-bond acceptors (Lipinski definition) is 3. The molecule has 1 aromatic rings. The largest absolute Gasteiger partial charge is 0.334 e. The van der Waals surface area contributed by atoms with Crippen molar-refractivity contribution in [3.63, 3.8) is 0 Å². The zero-order valence-corrected chi connectivity index (χ0v) is 12.7. The highest BCUT2D eigenvalue weighted by atomic mass is 32.2. The number of amides is 2. The minimum atomic E-state index is -2.97. The molecule has 0 unspecified atom stereocenters. The van der Waals surface area contributed by atoms with Crippen molar-refractivity contribution in [2.75, 3.05) is 11.5 Å². The molecular weight excluding hydrogens is 288 g/mol. The maximum absolute atomic E-state index is 12.1. The second-order valence-corrected chi connectivity index (χ2v) is 8.09. The molecule has 1 heterocycles. The molecule has 2 amide bonds. The van der Waals surface area contributed by atoms with Crippen molar-refractivity contribution in [2.45, 2.75) is 37.8 Å². The SMILES string of the molecule is O=C(N[C@H]1CCS(=O)(=O)C1)N[C@@H]1CCCc2ccccc21. The maximum atomic E-state index is 12.1. The van der Waals surface area contributed by atoms with Gasteiger partial charge in [-0.1, -0.05) is 24.3 Å². The second-order valence-electron chi connectivity index (χ2n) is 5.86. The van der Waals surface area contributed by atoms with E-state index in [1.165, 1.54) is 11.1 Å². The van der Waals surface area contributed by atoms with E-state index in [1.807, 2.05) is 12.1 Å². The van der Waals surface area contributed by atoms with E-state index < -0.39 is 9.84 Å². The molecule has 1 aromatic carbocycles. The Morgan fingerprint density at radius 3 is 2.71 bits per heavy atom. The summed E-state index contributed by atoms with van der Waals surface area (Å²) in [5.74, 6) is 0.228. The van der Waals surface area contributed by atoms with Crippen LogP contribution in [0.15, 0.2) is 24.3 Å². The Labute approximate surface area is 125 Å². The summed E-state index contributed by atoms with van der Waals surface area (Å²) in [7, 11) is -2.97. The third-order valence-electron chi connectivity index (χ3n) is 4.24. The van der Waals surface area contributed by atoms with E-state index >= 15 is 0 Å². The average Bonchev–Trinajstić information content (AvgIpc) is 2.78. The number of carbonyl (C=O) groups is 1. The Morgan fingerprint density at radius 1 is 1.14 bits per heavy atom. The van der Waals surface area contributed by atoms with Gasteiger partial charge in [-0.05, 0) is 36.8 Å². The van der Waals surface area contributed by atoms with Crippen LogP contribution < -0.4 is 10.6 Å². The molecular formula is C15H20N2O3S. The summed E-state index contributed by atoms with van der Waals surface area (Å²) in [4.78, 5) is 12.1. The van der Waals surface area contributed by atoms with E-state index in [2.05, 4.69) is 22.8 Å². The number of rotatable bonds is 2. The van der Waals surface area contributed by atoms with E-state index in [-0.39, 0.29) is 29.6 Å². The van der Waals surface area contributed by atoms with Gasteiger partial charge in [-0.2, -0.15) is 0 Å². The van der Waals surface area contributed by atoms with E-state index in [0.717, 1.165) is 19.3 Å². The van der Waals surface area contributed by atoms with Crippen LogP contribution in [0, 0.1) is 0 Å². The first-order valence-electron chi connectivity index (χ1n) is 7.39. The highest BCUT2D eigenvalue weighted by molar-refractivity contribution is 7.91. The van der Waals surface area contributed by atoms with Gasteiger partial charge in [0.2, 0.25) is 0 Å². The molecule has 2 N–H and O–H groups in total. The highest BCUT2D eigenvalue weighted by Gasteiger charge is 2.29. The summed E-state index contributed by atoms with van der Waals surface area (Å²) >= 11 is 0. The van der Waals surface area contributed by atoms with Crippen molar-refractivity contribution in [1.82, 2.24) is 10.6 Å². The zero-order chi connectivity index (χ0) is 14.9. The van der Waals surface area contributed by atoms with E-state index in [1.54, 1.807) is 0 Å². The fourth-order valence-electron chi connectivity index (χ4n) is 3.20. The number of aryl methyl sites for hydroxylation is 1. The van der Waals surface area contributed by atoms with Crippen LogP contribution in [-0.2, 0) is 16.3 Å². The molecule has 1 saturated heterocycles. The predicted octanol–water partition coefficient (Wildman–Crippen LogP) is 1.55. The first-order chi connectivity index (χ1) is 10.0. The molecule has 0 aromatic heterocycles. The van der Waals surface area contributed by atoms with Crippen molar-refractivity contribution in [3.8, 4) is 0 Å². The number of sulfone groups is 1. The Hall–Kier alpha value is -1.56. The standard InChI is InChI=1S/C15H20N2O3S/c18-15(16-12-8-9-21(19,20)10-12)17-14-7-3-5-11-4-1-2-6-13(11)14/h1-2,4,6,12,14H,3,5,7-10H2,(H2,16,17,18)/t12-,14+/m0/s1. The van der Waals surface area contributed by atoms with Gasteiger partial charge < -0.3 is 10.6 Å². The molecule has 0 spiro atoms. The third kappa shape index (κ3) is 3.37. The van der Waals surface area contributed by atoms with Gasteiger partial charge in [0, 0.05) is 6.04 Å². The average molecular weight is 308 g/mol. The number of benzene rings is 1. The first-order valence-corrected chi connectivity index (χ1v) is 9.21. The minimum Gasteiger partial charge on any atom is -0.334 e. The molecule has 1 fully saturated rings. The van der Waals surface area contributed by atoms with Crippen LogP contribution in [0.4, 0.5) is 4.79 Å². The van der Waals surface area contributed by atoms with E-state index in [9.17, 15) is 13.2 Å². The highest BCUT2D eigenvalue weighted by Crippen LogP contribution is 2.29. The lowest BCUT2D eigenvalue weighted by molar-refractivity contribution is 0.232. The van der Waals surface area contributed by atoms with Crippen LogP contribution in [0.25, 0.3) is 0 Å². The van der Waals surface area contributed by atoms with E-state index in [0.29, 0.717) is 6.42 Å². The number of nitrogens with one attached hydrogen (secondary N) is 2. The van der Waals surface area contributed by atoms with E-state index in [4.69, 9.17) is 0 Å². The summed E-state index contributed by atoms with van der Waals surface area (Å²) in [6, 6.07) is 7.66. The summed E-state index contributed by atoms with van der Waals surface area (Å²) < 4.78 is 22.8. The van der Waals surface area contributed by atoms with Gasteiger partial charge in [0.05, 0.1) is 17.5 Å². The van der Waals surface area contributed by atoms with Crippen LogP contribution in [0.1, 0.15) is 36.4 Å². The maximum Gasteiger partial charge on any atom is 0.315 e. The van der Waals surface area contributed by atoms with Gasteiger partial charge in [0.15, 0.2) is 9.84 Å². The smallest absolute Gasteiger partial charge is 0.315 e. The van der Waals surface area contributed by atoms with Gasteiger partial charge >= 0.3 is 6.03 Å². The molecule has 1 aliphatic carbocycles. The van der Waals surface area contributed by atoms with Gasteiger partial charge in [-0.25, -0.2) is 13.2 Å². The van der Waals surface area contributed by atoms with Gasteiger partial charge in [0.1, 0.15) is 0 Å². The zero-order valence-electron chi connectivity index (χ0n) is 11.8. The normalized spacial score (nSPS) is 26.9. The van der Waals surface area contributed by atoms with Gasteiger partial charge in [-0.15, -0.1) is 0 Å². The lowest BCUT2D eigenvalue weighted by Gasteiger charge is -2.27. The third-order valence-corrected chi connectivity index (χ3v) is 6.01. The number of hydrogen-bond donors (Lipinski definition) is 2. The van der Waals surface area contributed by atoms with Crippen molar-refractivity contribution in [2.24, 2.45) is 0 Å².